The predicted octanol–water partition coefficient (Wildman–Crippen LogP) is 2.20. The summed E-state index contributed by atoms with van der Waals surface area (Å²) >= 11 is 5.75. The van der Waals surface area contributed by atoms with Crippen molar-refractivity contribution < 1.29 is 22.7 Å². The van der Waals surface area contributed by atoms with Gasteiger partial charge in [0, 0.05) is 18.1 Å². The lowest BCUT2D eigenvalue weighted by molar-refractivity contribution is -0.148. The summed E-state index contributed by atoms with van der Waals surface area (Å²) < 4.78 is 30.6. The summed E-state index contributed by atoms with van der Waals surface area (Å²) in [7, 11) is -2.57. The second-order valence-corrected chi connectivity index (χ2v) is 9.29. The summed E-state index contributed by atoms with van der Waals surface area (Å²) in [6.07, 6.45) is 4.22. The fraction of sp³-hybridized carbons (Fsp3) is 0.556. The van der Waals surface area contributed by atoms with E-state index in [2.05, 4.69) is 12.2 Å². The Morgan fingerprint density at radius 2 is 1.85 bits per heavy atom. The molecule has 0 radical (unpaired) electrons. The number of rotatable bonds is 7. The molecule has 1 aliphatic carbocycles. The Balaban J connectivity index is 1.82. The lowest BCUT2D eigenvalue weighted by atomic mass is 9.86. The highest BCUT2D eigenvalue weighted by Crippen LogP contribution is 2.23. The van der Waals surface area contributed by atoms with Crippen molar-refractivity contribution >= 4 is 33.5 Å². The Morgan fingerprint density at radius 3 is 2.48 bits per heavy atom. The first-order chi connectivity index (χ1) is 12.7. The molecule has 1 N–H and O–H groups in total. The van der Waals surface area contributed by atoms with Gasteiger partial charge in [0.2, 0.25) is 10.0 Å². The fourth-order valence-corrected chi connectivity index (χ4v) is 4.27. The maximum Gasteiger partial charge on any atom is 0.321 e. The number of nitrogens with zero attached hydrogens (tertiary/aromatic N) is 1. The summed E-state index contributed by atoms with van der Waals surface area (Å²) in [5.74, 6) is -0.763. The van der Waals surface area contributed by atoms with E-state index in [-0.39, 0.29) is 16.8 Å². The fourth-order valence-electron chi connectivity index (χ4n) is 3.02. The standard InChI is InChI=1S/C18H25ClN2O5S/c1-13-5-3-4-6-16(13)20-17(22)12-26-18(23)11-21(2)27(24,25)15-9-7-14(19)8-10-15/h7-10,13,16H,3-6,11-12H2,1-2H3,(H,20,22). The van der Waals surface area contributed by atoms with Crippen LogP contribution in [0.3, 0.4) is 0 Å². The second-order valence-electron chi connectivity index (χ2n) is 6.81. The molecule has 1 fully saturated rings. The average molecular weight is 417 g/mol. The zero-order chi connectivity index (χ0) is 20.0. The molecule has 2 atom stereocenters. The topological polar surface area (TPSA) is 92.8 Å². The van der Waals surface area contributed by atoms with Crippen LogP contribution in [0.4, 0.5) is 0 Å². The number of halogens is 1. The lowest BCUT2D eigenvalue weighted by Crippen LogP contribution is -2.43. The molecule has 0 spiro atoms. The SMILES string of the molecule is CC1CCCCC1NC(=O)COC(=O)CN(C)S(=O)(=O)c1ccc(Cl)cc1. The monoisotopic (exact) mass is 416 g/mol. The third-order valence-electron chi connectivity index (χ3n) is 4.70. The minimum absolute atomic E-state index is 0.0197. The molecule has 9 heteroatoms. The van der Waals surface area contributed by atoms with Crippen LogP contribution in [0.15, 0.2) is 29.2 Å². The van der Waals surface area contributed by atoms with Crippen LogP contribution in [0, 0.1) is 5.92 Å². The van der Waals surface area contributed by atoms with Crippen LogP contribution in [-0.4, -0.2) is 50.8 Å². The largest absolute Gasteiger partial charge is 0.455 e. The molecular weight excluding hydrogens is 392 g/mol. The van der Waals surface area contributed by atoms with Crippen molar-refractivity contribution in [1.29, 1.82) is 0 Å². The van der Waals surface area contributed by atoms with E-state index in [1.807, 2.05) is 0 Å². The number of likely N-dealkylation sites (N-methyl/N-ethyl adjacent to an activating group) is 1. The molecule has 0 aromatic heterocycles. The van der Waals surface area contributed by atoms with Crippen molar-refractivity contribution in [1.82, 2.24) is 9.62 Å². The van der Waals surface area contributed by atoms with Crippen LogP contribution in [0.2, 0.25) is 5.02 Å². The number of ether oxygens (including phenoxy) is 1. The van der Waals surface area contributed by atoms with Crippen LogP contribution in [0.1, 0.15) is 32.6 Å². The highest BCUT2D eigenvalue weighted by Gasteiger charge is 2.25. The zero-order valence-corrected chi connectivity index (χ0v) is 17.1. The molecule has 0 saturated heterocycles. The normalized spacial score (nSPS) is 20.3. The number of carbonyl (C=O) groups is 2. The van der Waals surface area contributed by atoms with Gasteiger partial charge < -0.3 is 10.1 Å². The molecule has 27 heavy (non-hydrogen) atoms. The number of amides is 1. The maximum absolute atomic E-state index is 12.4. The maximum atomic E-state index is 12.4. The van der Waals surface area contributed by atoms with Crippen molar-refractivity contribution in [2.45, 2.75) is 43.5 Å². The summed E-state index contributed by atoms with van der Waals surface area (Å²) in [6.45, 7) is 1.18. The van der Waals surface area contributed by atoms with Crippen LogP contribution >= 0.6 is 11.6 Å². The first kappa shape index (κ1) is 21.7. The van der Waals surface area contributed by atoms with E-state index in [4.69, 9.17) is 16.3 Å². The summed E-state index contributed by atoms with van der Waals surface area (Å²) in [4.78, 5) is 23.9. The van der Waals surface area contributed by atoms with E-state index in [1.165, 1.54) is 31.3 Å². The zero-order valence-electron chi connectivity index (χ0n) is 15.5. The van der Waals surface area contributed by atoms with E-state index in [9.17, 15) is 18.0 Å². The van der Waals surface area contributed by atoms with Crippen LogP contribution in [0.5, 0.6) is 0 Å². The molecule has 0 bridgehead atoms. The predicted molar refractivity (Wildman–Crippen MR) is 102 cm³/mol. The van der Waals surface area contributed by atoms with Crippen LogP contribution in [0.25, 0.3) is 0 Å². The molecule has 1 aromatic rings. The van der Waals surface area contributed by atoms with Gasteiger partial charge >= 0.3 is 5.97 Å². The van der Waals surface area contributed by atoms with Crippen molar-refractivity contribution in [3.05, 3.63) is 29.3 Å². The van der Waals surface area contributed by atoms with Crippen molar-refractivity contribution in [2.75, 3.05) is 20.2 Å². The number of benzene rings is 1. The Bertz CT molecular complexity index is 766. The van der Waals surface area contributed by atoms with Gasteiger partial charge in [-0.2, -0.15) is 4.31 Å². The minimum atomic E-state index is -3.85. The van der Waals surface area contributed by atoms with Gasteiger partial charge in [-0.05, 0) is 43.0 Å². The number of sulfonamides is 1. The highest BCUT2D eigenvalue weighted by atomic mass is 35.5. The molecule has 2 unspecified atom stereocenters. The molecule has 0 heterocycles. The van der Waals surface area contributed by atoms with Gasteiger partial charge in [-0.15, -0.1) is 0 Å². The third kappa shape index (κ3) is 6.19. The molecule has 1 amide bonds. The van der Waals surface area contributed by atoms with Crippen molar-refractivity contribution in [3.63, 3.8) is 0 Å². The lowest BCUT2D eigenvalue weighted by Gasteiger charge is -2.29. The molecular formula is C18H25ClN2O5S. The number of hydrogen-bond donors (Lipinski definition) is 1. The second kappa shape index (κ2) is 9.52. The molecule has 2 rings (SSSR count). The van der Waals surface area contributed by atoms with Gasteiger partial charge in [0.15, 0.2) is 6.61 Å². The molecule has 1 aliphatic rings. The summed E-state index contributed by atoms with van der Waals surface area (Å²) in [5, 5.41) is 3.29. The first-order valence-electron chi connectivity index (χ1n) is 8.87. The van der Waals surface area contributed by atoms with Crippen LogP contribution in [-0.2, 0) is 24.3 Å². The first-order valence-corrected chi connectivity index (χ1v) is 10.7. The summed E-state index contributed by atoms with van der Waals surface area (Å²) in [5.41, 5.74) is 0. The Labute approximate surface area is 165 Å². The van der Waals surface area contributed by atoms with E-state index in [0.29, 0.717) is 10.9 Å². The minimum Gasteiger partial charge on any atom is -0.455 e. The van der Waals surface area contributed by atoms with E-state index in [1.54, 1.807) is 0 Å². The average Bonchev–Trinajstić information content (AvgIpc) is 2.62. The highest BCUT2D eigenvalue weighted by molar-refractivity contribution is 7.89. The van der Waals surface area contributed by atoms with Gasteiger partial charge in [-0.1, -0.05) is 31.4 Å². The Hall–Kier alpha value is -1.64. The van der Waals surface area contributed by atoms with Gasteiger partial charge in [-0.3, -0.25) is 9.59 Å². The number of carbonyl (C=O) groups excluding carboxylic acids is 2. The third-order valence-corrected chi connectivity index (χ3v) is 6.77. The van der Waals surface area contributed by atoms with E-state index >= 15 is 0 Å². The van der Waals surface area contributed by atoms with Crippen molar-refractivity contribution in [2.24, 2.45) is 5.92 Å². The van der Waals surface area contributed by atoms with Gasteiger partial charge in [0.05, 0.1) is 4.90 Å². The quantitative estimate of drug-likeness (QED) is 0.688. The Kier molecular flexibility index (Phi) is 7.64. The summed E-state index contributed by atoms with van der Waals surface area (Å²) in [6, 6.07) is 5.73. The molecule has 1 aromatic carbocycles. The molecule has 7 nitrogen and oxygen atoms in total. The van der Waals surface area contributed by atoms with Gasteiger partial charge in [0.1, 0.15) is 6.54 Å². The van der Waals surface area contributed by atoms with Crippen LogP contribution < -0.4 is 5.32 Å². The molecule has 150 valence electrons. The van der Waals surface area contributed by atoms with Gasteiger partial charge in [-0.25, -0.2) is 8.42 Å². The number of nitrogens with one attached hydrogen (secondary N) is 1. The van der Waals surface area contributed by atoms with E-state index < -0.39 is 29.1 Å². The molecule has 0 aliphatic heterocycles. The smallest absolute Gasteiger partial charge is 0.321 e. The number of esters is 1. The number of hydrogen-bond acceptors (Lipinski definition) is 5. The van der Waals surface area contributed by atoms with Crippen molar-refractivity contribution in [3.8, 4) is 0 Å². The molecule has 1 saturated carbocycles. The van der Waals surface area contributed by atoms with E-state index in [0.717, 1.165) is 30.0 Å². The Morgan fingerprint density at radius 1 is 1.22 bits per heavy atom. The van der Waals surface area contributed by atoms with Gasteiger partial charge in [0.25, 0.3) is 5.91 Å².